The first-order valence-corrected chi connectivity index (χ1v) is 6.15. The van der Waals surface area contributed by atoms with E-state index in [0.29, 0.717) is 17.4 Å². The third-order valence-corrected chi connectivity index (χ3v) is 3.27. The fraction of sp³-hybridized carbons (Fsp3) is 0.222. The molecule has 0 unspecified atom stereocenters. The number of rotatable bonds is 3. The van der Waals surface area contributed by atoms with Gasteiger partial charge in [-0.05, 0) is 0 Å². The fourth-order valence-corrected chi connectivity index (χ4v) is 2.19. The van der Waals surface area contributed by atoms with Crippen LogP contribution in [-0.4, -0.2) is 34.9 Å². The van der Waals surface area contributed by atoms with E-state index in [2.05, 4.69) is 30.2 Å². The normalized spacial score (nSPS) is 11.2. The smallest absolute Gasteiger partial charge is 0.183 e. The lowest BCUT2D eigenvalue weighted by Gasteiger charge is -2.01. The van der Waals surface area contributed by atoms with Crippen LogP contribution in [0.25, 0.3) is 11.0 Å². The van der Waals surface area contributed by atoms with E-state index in [-0.39, 0.29) is 0 Å². The van der Waals surface area contributed by atoms with Crippen molar-refractivity contribution in [1.82, 2.24) is 34.9 Å². The molecule has 0 aliphatic heterocycles. The van der Waals surface area contributed by atoms with Gasteiger partial charge in [-0.15, -0.1) is 0 Å². The van der Waals surface area contributed by atoms with Gasteiger partial charge in [0.05, 0.1) is 17.3 Å². The number of aryl methyl sites for hydroxylation is 1. The van der Waals surface area contributed by atoms with Crippen LogP contribution in [0.3, 0.4) is 0 Å². The SMILES string of the molecule is Cn1ncc2c(N)nc(CSc3ncn[nH]3)nc21. The number of nitrogens with one attached hydrogen (secondary N) is 1. The zero-order valence-corrected chi connectivity index (χ0v) is 10.3. The lowest BCUT2D eigenvalue weighted by molar-refractivity contribution is 0.782. The van der Waals surface area contributed by atoms with Gasteiger partial charge in [0.1, 0.15) is 18.0 Å². The number of anilines is 1. The highest BCUT2D eigenvalue weighted by molar-refractivity contribution is 7.98. The van der Waals surface area contributed by atoms with Gasteiger partial charge in [-0.3, -0.25) is 9.78 Å². The number of H-pyrrole nitrogens is 1. The van der Waals surface area contributed by atoms with Crippen molar-refractivity contribution in [3.05, 3.63) is 18.3 Å². The molecule has 0 bridgehead atoms. The molecule has 0 amide bonds. The van der Waals surface area contributed by atoms with Gasteiger partial charge in [-0.2, -0.15) is 10.2 Å². The number of nitrogens with zero attached hydrogens (tertiary/aromatic N) is 6. The van der Waals surface area contributed by atoms with Gasteiger partial charge in [0.15, 0.2) is 10.8 Å². The molecule has 18 heavy (non-hydrogen) atoms. The van der Waals surface area contributed by atoms with Gasteiger partial charge in [0, 0.05) is 7.05 Å². The van der Waals surface area contributed by atoms with Gasteiger partial charge in [-0.1, -0.05) is 11.8 Å². The summed E-state index contributed by atoms with van der Waals surface area (Å²) in [6.07, 6.45) is 3.12. The summed E-state index contributed by atoms with van der Waals surface area (Å²) in [6, 6.07) is 0. The van der Waals surface area contributed by atoms with E-state index in [1.807, 2.05) is 7.05 Å². The number of fused-ring (bicyclic) bond motifs is 1. The first-order valence-electron chi connectivity index (χ1n) is 5.16. The van der Waals surface area contributed by atoms with Crippen LogP contribution >= 0.6 is 11.8 Å². The first-order chi connectivity index (χ1) is 8.74. The lowest BCUT2D eigenvalue weighted by atomic mass is 10.4. The number of thioether (sulfide) groups is 1. The molecule has 3 heterocycles. The molecule has 0 aliphatic carbocycles. The molecule has 3 rings (SSSR count). The maximum Gasteiger partial charge on any atom is 0.183 e. The average Bonchev–Trinajstić information content (AvgIpc) is 2.98. The van der Waals surface area contributed by atoms with Crippen molar-refractivity contribution in [2.24, 2.45) is 7.05 Å². The van der Waals surface area contributed by atoms with Gasteiger partial charge >= 0.3 is 0 Å². The van der Waals surface area contributed by atoms with E-state index in [9.17, 15) is 0 Å². The summed E-state index contributed by atoms with van der Waals surface area (Å²) < 4.78 is 1.68. The van der Waals surface area contributed by atoms with E-state index in [0.717, 1.165) is 16.2 Å². The highest BCUT2D eigenvalue weighted by Crippen LogP contribution is 2.20. The molecular weight excluding hydrogens is 252 g/mol. The first kappa shape index (κ1) is 11.0. The van der Waals surface area contributed by atoms with Crippen LogP contribution in [0.2, 0.25) is 0 Å². The van der Waals surface area contributed by atoms with E-state index < -0.39 is 0 Å². The Balaban J connectivity index is 1.90. The van der Waals surface area contributed by atoms with Gasteiger partial charge in [-0.25, -0.2) is 15.0 Å². The molecule has 0 aliphatic rings. The van der Waals surface area contributed by atoms with Crippen LogP contribution in [0.5, 0.6) is 0 Å². The minimum atomic E-state index is 0.446. The van der Waals surface area contributed by atoms with E-state index in [1.165, 1.54) is 18.1 Å². The molecule has 0 aromatic carbocycles. The lowest BCUT2D eigenvalue weighted by Crippen LogP contribution is -2.01. The predicted molar refractivity (Wildman–Crippen MR) is 66.7 cm³/mol. The largest absolute Gasteiger partial charge is 0.383 e. The van der Waals surface area contributed by atoms with Crippen molar-refractivity contribution >= 4 is 28.6 Å². The van der Waals surface area contributed by atoms with Gasteiger partial charge in [0.25, 0.3) is 0 Å². The molecule has 0 saturated carbocycles. The summed E-state index contributed by atoms with van der Waals surface area (Å²) in [4.78, 5) is 12.7. The van der Waals surface area contributed by atoms with E-state index >= 15 is 0 Å². The summed E-state index contributed by atoms with van der Waals surface area (Å²) >= 11 is 1.47. The second-order valence-corrected chi connectivity index (χ2v) is 4.57. The summed E-state index contributed by atoms with van der Waals surface area (Å²) in [5, 5.41) is 12.1. The molecule has 0 atom stereocenters. The average molecular weight is 262 g/mol. The van der Waals surface area contributed by atoms with Crippen LogP contribution in [0.15, 0.2) is 17.7 Å². The quantitative estimate of drug-likeness (QED) is 0.655. The molecule has 0 fully saturated rings. The van der Waals surface area contributed by atoms with Crippen LogP contribution in [0.4, 0.5) is 5.82 Å². The van der Waals surface area contributed by atoms with Crippen LogP contribution in [0, 0.1) is 0 Å². The summed E-state index contributed by atoms with van der Waals surface area (Å²) in [5.74, 6) is 1.66. The maximum absolute atomic E-state index is 5.87. The Labute approximate surface area is 106 Å². The van der Waals surface area contributed by atoms with Crippen LogP contribution < -0.4 is 5.73 Å². The molecule has 3 aromatic rings. The van der Waals surface area contributed by atoms with Crippen molar-refractivity contribution in [2.75, 3.05) is 5.73 Å². The van der Waals surface area contributed by atoms with Crippen LogP contribution in [0.1, 0.15) is 5.82 Å². The Bertz CT molecular complexity index is 673. The van der Waals surface area contributed by atoms with Crippen molar-refractivity contribution in [3.63, 3.8) is 0 Å². The number of aromatic amines is 1. The fourth-order valence-electron chi connectivity index (χ4n) is 1.55. The molecule has 92 valence electrons. The summed E-state index contributed by atoms with van der Waals surface area (Å²) in [6.45, 7) is 0. The summed E-state index contributed by atoms with van der Waals surface area (Å²) in [5.41, 5.74) is 6.60. The standard InChI is InChI=1S/C9H10N8S/c1-17-8-5(2-13-17)7(10)14-6(15-8)3-18-9-11-4-12-16-9/h2,4H,3H2,1H3,(H2,10,14,15)(H,11,12,16). The van der Waals surface area contributed by atoms with E-state index in [1.54, 1.807) is 10.9 Å². The zero-order chi connectivity index (χ0) is 12.5. The van der Waals surface area contributed by atoms with Gasteiger partial charge < -0.3 is 5.73 Å². The third kappa shape index (κ3) is 1.88. The summed E-state index contributed by atoms with van der Waals surface area (Å²) in [7, 11) is 1.82. The van der Waals surface area contributed by atoms with Crippen LogP contribution in [-0.2, 0) is 12.8 Å². The zero-order valence-electron chi connectivity index (χ0n) is 9.53. The Hall–Kier alpha value is -2.16. The molecule has 3 N–H and O–H groups in total. The number of hydrogen-bond donors (Lipinski definition) is 2. The molecule has 0 radical (unpaired) electrons. The minimum Gasteiger partial charge on any atom is -0.383 e. The topological polar surface area (TPSA) is 111 Å². The molecule has 8 nitrogen and oxygen atoms in total. The molecule has 3 aromatic heterocycles. The Morgan fingerprint density at radius 2 is 2.33 bits per heavy atom. The van der Waals surface area contributed by atoms with Crippen molar-refractivity contribution < 1.29 is 0 Å². The van der Waals surface area contributed by atoms with Gasteiger partial charge in [0.2, 0.25) is 0 Å². The predicted octanol–water partition coefficient (Wildman–Crippen LogP) is 0.356. The third-order valence-electron chi connectivity index (χ3n) is 2.40. The molecule has 0 spiro atoms. The molecular formula is C9H10N8S. The van der Waals surface area contributed by atoms with Crippen molar-refractivity contribution in [1.29, 1.82) is 0 Å². The number of hydrogen-bond acceptors (Lipinski definition) is 7. The van der Waals surface area contributed by atoms with E-state index in [4.69, 9.17) is 5.73 Å². The second kappa shape index (κ2) is 4.26. The second-order valence-electron chi connectivity index (χ2n) is 3.61. The van der Waals surface area contributed by atoms with Crippen molar-refractivity contribution in [3.8, 4) is 0 Å². The highest BCUT2D eigenvalue weighted by Gasteiger charge is 2.09. The highest BCUT2D eigenvalue weighted by atomic mass is 32.2. The molecule has 0 saturated heterocycles. The molecule has 9 heteroatoms. The van der Waals surface area contributed by atoms with Crippen molar-refractivity contribution in [2.45, 2.75) is 10.9 Å². The Kier molecular flexibility index (Phi) is 2.59. The maximum atomic E-state index is 5.87. The number of nitrogen functional groups attached to an aromatic ring is 1. The monoisotopic (exact) mass is 262 g/mol. The number of aromatic nitrogens is 7. The Morgan fingerprint density at radius 1 is 1.44 bits per heavy atom. The number of nitrogens with two attached hydrogens (primary N) is 1. The minimum absolute atomic E-state index is 0.446. The Morgan fingerprint density at radius 3 is 3.11 bits per heavy atom.